The number of hydrogen-bond donors (Lipinski definition) is 3. The molecule has 0 aromatic carbocycles. The Labute approximate surface area is 77.5 Å². The Morgan fingerprint density at radius 3 is 2.33 bits per heavy atom. The van der Waals surface area contributed by atoms with E-state index in [4.69, 9.17) is 0 Å². The first-order valence-corrected chi connectivity index (χ1v) is 2.56. The smallest absolute Gasteiger partial charge is 1.00 e. The molecule has 0 aliphatic carbocycles. The number of nitrogens with one attached hydrogen (secondary N) is 3. The third-order valence-electron chi connectivity index (χ3n) is 1.03. The maximum absolute atomic E-state index is 10.0. The standard InChI is InChI=1S/C4H9N3O.Na.H/c8-1-4-6-2-5-3-7-4;;/h1,4-7H,2-3H2;;/q;+1;-1. The first-order valence-electron chi connectivity index (χ1n) is 2.56. The van der Waals surface area contributed by atoms with Gasteiger partial charge in [-0.2, -0.15) is 0 Å². The molecule has 0 amide bonds. The molecule has 0 aromatic heterocycles. The minimum absolute atomic E-state index is 0. The van der Waals surface area contributed by atoms with Crippen LogP contribution in [0, 0.1) is 0 Å². The van der Waals surface area contributed by atoms with E-state index < -0.39 is 0 Å². The molecule has 0 radical (unpaired) electrons. The summed E-state index contributed by atoms with van der Waals surface area (Å²) in [5.41, 5.74) is 0. The molecular formula is C4H10N3NaO. The van der Waals surface area contributed by atoms with Gasteiger partial charge in [-0.25, -0.2) is 0 Å². The van der Waals surface area contributed by atoms with Crippen LogP contribution >= 0.6 is 0 Å². The van der Waals surface area contributed by atoms with Crippen LogP contribution in [0.15, 0.2) is 0 Å². The molecule has 0 spiro atoms. The van der Waals surface area contributed by atoms with Crippen LogP contribution in [0.2, 0.25) is 0 Å². The summed E-state index contributed by atoms with van der Waals surface area (Å²) in [6, 6.07) is 0. The first kappa shape index (κ1) is 9.55. The van der Waals surface area contributed by atoms with Gasteiger partial charge in [-0.3, -0.25) is 16.0 Å². The quantitative estimate of drug-likeness (QED) is 0.252. The van der Waals surface area contributed by atoms with Crippen molar-refractivity contribution in [3.05, 3.63) is 0 Å². The van der Waals surface area contributed by atoms with Gasteiger partial charge >= 0.3 is 29.6 Å². The van der Waals surface area contributed by atoms with Gasteiger partial charge in [0.15, 0.2) is 6.29 Å². The summed E-state index contributed by atoms with van der Waals surface area (Å²) in [7, 11) is 0. The zero-order valence-electron chi connectivity index (χ0n) is 6.48. The van der Waals surface area contributed by atoms with Gasteiger partial charge in [0.05, 0.1) is 0 Å². The number of hydrogen-bond acceptors (Lipinski definition) is 4. The minimum Gasteiger partial charge on any atom is -1.00 e. The Hall–Kier alpha value is 0.550. The first-order chi connectivity index (χ1) is 3.93. The monoisotopic (exact) mass is 139 g/mol. The zero-order chi connectivity index (χ0) is 5.82. The van der Waals surface area contributed by atoms with Gasteiger partial charge in [0.25, 0.3) is 0 Å². The van der Waals surface area contributed by atoms with Crippen molar-refractivity contribution in [2.75, 3.05) is 13.3 Å². The molecular weight excluding hydrogens is 129 g/mol. The Morgan fingerprint density at radius 1 is 1.44 bits per heavy atom. The molecule has 0 unspecified atom stereocenters. The van der Waals surface area contributed by atoms with Crippen molar-refractivity contribution in [2.45, 2.75) is 6.17 Å². The number of aldehydes is 1. The van der Waals surface area contributed by atoms with E-state index in [9.17, 15) is 4.79 Å². The molecule has 0 atom stereocenters. The van der Waals surface area contributed by atoms with E-state index in [-0.39, 0.29) is 37.1 Å². The van der Waals surface area contributed by atoms with Crippen molar-refractivity contribution in [1.82, 2.24) is 16.0 Å². The number of rotatable bonds is 1. The summed E-state index contributed by atoms with van der Waals surface area (Å²) in [6.45, 7) is 1.41. The third kappa shape index (κ3) is 3.30. The van der Waals surface area contributed by atoms with Crippen molar-refractivity contribution in [3.8, 4) is 0 Å². The van der Waals surface area contributed by atoms with Gasteiger partial charge in [-0.1, -0.05) is 0 Å². The van der Waals surface area contributed by atoms with Crippen LogP contribution in [0.5, 0.6) is 0 Å². The molecule has 1 heterocycles. The minimum atomic E-state index is -0.156. The van der Waals surface area contributed by atoms with Crippen LogP contribution in [-0.4, -0.2) is 25.8 Å². The molecule has 0 bridgehead atoms. The molecule has 1 saturated heterocycles. The molecule has 5 heteroatoms. The molecule has 1 aliphatic heterocycles. The van der Waals surface area contributed by atoms with Crippen LogP contribution in [-0.2, 0) is 4.79 Å². The van der Waals surface area contributed by atoms with E-state index in [1.165, 1.54) is 0 Å². The summed E-state index contributed by atoms with van der Waals surface area (Å²) in [4.78, 5) is 10.0. The summed E-state index contributed by atoms with van der Waals surface area (Å²) in [6.07, 6.45) is 0.692. The fraction of sp³-hybridized carbons (Fsp3) is 0.750. The second kappa shape index (κ2) is 5.34. The van der Waals surface area contributed by atoms with Gasteiger partial charge in [-0.05, 0) is 0 Å². The van der Waals surface area contributed by atoms with Crippen molar-refractivity contribution >= 4 is 6.29 Å². The molecule has 3 N–H and O–H groups in total. The van der Waals surface area contributed by atoms with Crippen LogP contribution < -0.4 is 45.5 Å². The van der Waals surface area contributed by atoms with E-state index in [2.05, 4.69) is 16.0 Å². The molecule has 0 saturated carbocycles. The van der Waals surface area contributed by atoms with Gasteiger partial charge < -0.3 is 6.22 Å². The topological polar surface area (TPSA) is 53.2 Å². The van der Waals surface area contributed by atoms with Crippen molar-refractivity contribution in [1.29, 1.82) is 0 Å². The van der Waals surface area contributed by atoms with Crippen LogP contribution in [0.3, 0.4) is 0 Å². The average Bonchev–Trinajstić information content (AvgIpc) is 1.90. The van der Waals surface area contributed by atoms with Gasteiger partial charge in [0, 0.05) is 13.3 Å². The van der Waals surface area contributed by atoms with E-state index >= 15 is 0 Å². The van der Waals surface area contributed by atoms with Crippen molar-refractivity contribution < 1.29 is 35.8 Å². The molecule has 1 aliphatic rings. The fourth-order valence-corrected chi connectivity index (χ4v) is 0.595. The van der Waals surface area contributed by atoms with Gasteiger partial charge in [0.2, 0.25) is 0 Å². The molecule has 4 nitrogen and oxygen atoms in total. The number of carbonyl (C=O) groups excluding carboxylic acids is 1. The van der Waals surface area contributed by atoms with Crippen LogP contribution in [0.4, 0.5) is 0 Å². The van der Waals surface area contributed by atoms with Crippen LogP contribution in [0.1, 0.15) is 1.43 Å². The Morgan fingerprint density at radius 2 is 2.00 bits per heavy atom. The van der Waals surface area contributed by atoms with E-state index in [1.807, 2.05) is 0 Å². The van der Waals surface area contributed by atoms with E-state index in [0.29, 0.717) is 13.3 Å². The normalized spacial score (nSPS) is 20.4. The second-order valence-corrected chi connectivity index (χ2v) is 1.63. The number of carbonyl (C=O) groups is 1. The van der Waals surface area contributed by atoms with Gasteiger partial charge in [-0.15, -0.1) is 0 Å². The largest absolute Gasteiger partial charge is 1.00 e. The predicted molar refractivity (Wildman–Crippen MR) is 30.1 cm³/mol. The van der Waals surface area contributed by atoms with Crippen LogP contribution in [0.25, 0.3) is 0 Å². The van der Waals surface area contributed by atoms with Crippen molar-refractivity contribution in [3.63, 3.8) is 0 Å². The van der Waals surface area contributed by atoms with Crippen molar-refractivity contribution in [2.24, 2.45) is 0 Å². The van der Waals surface area contributed by atoms with Gasteiger partial charge in [0.1, 0.15) is 6.17 Å². The zero-order valence-corrected chi connectivity index (χ0v) is 7.48. The average molecular weight is 139 g/mol. The van der Waals surface area contributed by atoms with E-state index in [0.717, 1.165) is 6.29 Å². The maximum atomic E-state index is 10.0. The molecule has 1 rings (SSSR count). The summed E-state index contributed by atoms with van der Waals surface area (Å²) < 4.78 is 0. The Kier molecular flexibility index (Phi) is 5.67. The Balaban J connectivity index is 0. The summed E-state index contributed by atoms with van der Waals surface area (Å²) in [5.74, 6) is 0. The SMILES string of the molecule is O=CC1NCNCN1.[H-].[Na+]. The third-order valence-corrected chi connectivity index (χ3v) is 1.03. The molecule has 1 fully saturated rings. The summed E-state index contributed by atoms with van der Waals surface area (Å²) >= 11 is 0. The second-order valence-electron chi connectivity index (χ2n) is 1.63. The Bertz CT molecular complexity index is 88.6. The molecule has 9 heavy (non-hydrogen) atoms. The maximum Gasteiger partial charge on any atom is 1.00 e. The molecule has 48 valence electrons. The fourth-order valence-electron chi connectivity index (χ4n) is 0.595. The molecule has 0 aromatic rings. The van der Waals surface area contributed by atoms with E-state index in [1.54, 1.807) is 0 Å². The predicted octanol–water partition coefficient (Wildman–Crippen LogP) is -4.67. The summed E-state index contributed by atoms with van der Waals surface area (Å²) in [5, 5.41) is 8.72.